The van der Waals surface area contributed by atoms with E-state index in [2.05, 4.69) is 34.6 Å². The lowest BCUT2D eigenvalue weighted by molar-refractivity contribution is 0.0514. The predicted molar refractivity (Wildman–Crippen MR) is 111 cm³/mol. The van der Waals surface area contributed by atoms with Gasteiger partial charge in [-0.3, -0.25) is 0 Å². The van der Waals surface area contributed by atoms with Crippen LogP contribution in [0.15, 0.2) is 53.5 Å². The average molecular weight is 383 g/mol. The standard InChI is InChI=1S/C22H29N3O3/c1-26-19-9-8-17(14-20(19)27-2)15-24-21(23)25-16-22(10-12-28-13-11-22)18-6-4-3-5-7-18/h3-9,14H,10-13,15-16H2,1-2H3,(H3,23,24,25). The highest BCUT2D eigenvalue weighted by Gasteiger charge is 2.34. The molecular weight excluding hydrogens is 354 g/mol. The van der Waals surface area contributed by atoms with Crippen molar-refractivity contribution in [2.75, 3.05) is 34.0 Å². The zero-order chi connectivity index (χ0) is 19.8. The normalized spacial score (nSPS) is 16.4. The van der Waals surface area contributed by atoms with E-state index in [0.717, 1.165) is 38.2 Å². The van der Waals surface area contributed by atoms with Crippen LogP contribution in [0.5, 0.6) is 11.5 Å². The van der Waals surface area contributed by atoms with Crippen molar-refractivity contribution in [3.8, 4) is 11.5 Å². The van der Waals surface area contributed by atoms with Gasteiger partial charge in [-0.15, -0.1) is 0 Å². The highest BCUT2D eigenvalue weighted by Crippen LogP contribution is 2.34. The Kier molecular flexibility index (Phi) is 6.76. The van der Waals surface area contributed by atoms with Crippen LogP contribution in [0, 0.1) is 0 Å². The van der Waals surface area contributed by atoms with Gasteiger partial charge in [0.1, 0.15) is 0 Å². The number of rotatable bonds is 7. The molecule has 0 amide bonds. The second-order valence-corrected chi connectivity index (χ2v) is 7.00. The Bertz CT molecular complexity index is 787. The van der Waals surface area contributed by atoms with Crippen LogP contribution in [0.1, 0.15) is 24.0 Å². The van der Waals surface area contributed by atoms with E-state index in [0.29, 0.717) is 24.0 Å². The van der Waals surface area contributed by atoms with Gasteiger partial charge in [0.15, 0.2) is 17.5 Å². The van der Waals surface area contributed by atoms with Gasteiger partial charge in [-0.2, -0.15) is 0 Å². The van der Waals surface area contributed by atoms with Crippen LogP contribution >= 0.6 is 0 Å². The van der Waals surface area contributed by atoms with Crippen molar-refractivity contribution in [2.24, 2.45) is 10.7 Å². The minimum Gasteiger partial charge on any atom is -0.493 e. The number of nitrogens with one attached hydrogen (secondary N) is 1. The van der Waals surface area contributed by atoms with Crippen LogP contribution in [0.4, 0.5) is 0 Å². The molecule has 2 aromatic carbocycles. The molecule has 1 fully saturated rings. The first-order valence-corrected chi connectivity index (χ1v) is 9.55. The summed E-state index contributed by atoms with van der Waals surface area (Å²) in [4.78, 5) is 4.49. The maximum atomic E-state index is 6.15. The molecule has 2 aromatic rings. The lowest BCUT2D eigenvalue weighted by Gasteiger charge is -2.38. The summed E-state index contributed by atoms with van der Waals surface area (Å²) in [7, 11) is 3.24. The Morgan fingerprint density at radius 1 is 1.07 bits per heavy atom. The molecule has 150 valence electrons. The van der Waals surface area contributed by atoms with Crippen LogP contribution in [-0.2, 0) is 16.7 Å². The number of benzene rings is 2. The Balaban J connectivity index is 1.65. The third-order valence-electron chi connectivity index (χ3n) is 5.32. The maximum Gasteiger partial charge on any atom is 0.188 e. The van der Waals surface area contributed by atoms with Gasteiger partial charge in [-0.1, -0.05) is 36.4 Å². The fourth-order valence-electron chi connectivity index (χ4n) is 3.59. The molecule has 0 bridgehead atoms. The number of guanidine groups is 1. The summed E-state index contributed by atoms with van der Waals surface area (Å²) in [6, 6.07) is 16.3. The topological polar surface area (TPSA) is 78.1 Å². The lowest BCUT2D eigenvalue weighted by Crippen LogP contribution is -2.46. The van der Waals surface area contributed by atoms with Crippen molar-refractivity contribution in [1.82, 2.24) is 5.32 Å². The van der Waals surface area contributed by atoms with Crippen molar-refractivity contribution in [2.45, 2.75) is 24.8 Å². The second kappa shape index (κ2) is 9.46. The van der Waals surface area contributed by atoms with Gasteiger partial charge in [-0.25, -0.2) is 4.99 Å². The van der Waals surface area contributed by atoms with Crippen molar-refractivity contribution in [3.05, 3.63) is 59.7 Å². The molecular formula is C22H29N3O3. The summed E-state index contributed by atoms with van der Waals surface area (Å²) < 4.78 is 16.2. The molecule has 0 atom stereocenters. The van der Waals surface area contributed by atoms with E-state index in [1.54, 1.807) is 14.2 Å². The van der Waals surface area contributed by atoms with Crippen LogP contribution in [0.25, 0.3) is 0 Å². The van der Waals surface area contributed by atoms with Gasteiger partial charge in [0.2, 0.25) is 0 Å². The summed E-state index contributed by atoms with van der Waals surface area (Å²) in [5.41, 5.74) is 8.49. The third kappa shape index (κ3) is 4.75. The smallest absolute Gasteiger partial charge is 0.188 e. The Hall–Kier alpha value is -2.73. The summed E-state index contributed by atoms with van der Waals surface area (Å²) >= 11 is 0. The lowest BCUT2D eigenvalue weighted by atomic mass is 9.74. The summed E-state index contributed by atoms with van der Waals surface area (Å²) in [5.74, 6) is 1.83. The molecule has 6 heteroatoms. The molecule has 1 saturated heterocycles. The minimum absolute atomic E-state index is 0.0168. The van der Waals surface area contributed by atoms with Crippen molar-refractivity contribution < 1.29 is 14.2 Å². The molecule has 28 heavy (non-hydrogen) atoms. The number of nitrogens with two attached hydrogens (primary N) is 1. The summed E-state index contributed by atoms with van der Waals surface area (Å²) in [6.07, 6.45) is 1.93. The number of methoxy groups -OCH3 is 2. The number of nitrogens with zero attached hydrogens (tertiary/aromatic N) is 1. The first kappa shape index (κ1) is 20.0. The van der Waals surface area contributed by atoms with E-state index in [1.807, 2.05) is 24.3 Å². The zero-order valence-electron chi connectivity index (χ0n) is 16.6. The van der Waals surface area contributed by atoms with Gasteiger partial charge in [-0.05, 0) is 36.1 Å². The number of hydrogen-bond acceptors (Lipinski definition) is 4. The van der Waals surface area contributed by atoms with E-state index in [4.69, 9.17) is 19.9 Å². The molecule has 0 unspecified atom stereocenters. The molecule has 0 radical (unpaired) electrons. The van der Waals surface area contributed by atoms with E-state index >= 15 is 0 Å². The van der Waals surface area contributed by atoms with Crippen molar-refractivity contribution in [3.63, 3.8) is 0 Å². The molecule has 1 aliphatic rings. The van der Waals surface area contributed by atoms with Gasteiger partial charge in [0.05, 0.1) is 20.8 Å². The molecule has 3 rings (SSSR count). The van der Waals surface area contributed by atoms with Gasteiger partial charge >= 0.3 is 0 Å². The molecule has 0 aromatic heterocycles. The van der Waals surface area contributed by atoms with Crippen LogP contribution < -0.4 is 20.5 Å². The first-order chi connectivity index (χ1) is 13.7. The zero-order valence-corrected chi connectivity index (χ0v) is 16.6. The van der Waals surface area contributed by atoms with E-state index in [-0.39, 0.29) is 5.41 Å². The van der Waals surface area contributed by atoms with E-state index in [9.17, 15) is 0 Å². The first-order valence-electron chi connectivity index (χ1n) is 9.55. The Morgan fingerprint density at radius 2 is 1.79 bits per heavy atom. The molecule has 6 nitrogen and oxygen atoms in total. The Morgan fingerprint density at radius 3 is 2.46 bits per heavy atom. The van der Waals surface area contributed by atoms with Gasteiger partial charge < -0.3 is 25.3 Å². The van der Waals surface area contributed by atoms with Crippen molar-refractivity contribution in [1.29, 1.82) is 0 Å². The molecule has 1 aliphatic heterocycles. The van der Waals surface area contributed by atoms with E-state index < -0.39 is 0 Å². The summed E-state index contributed by atoms with van der Waals surface area (Å²) in [6.45, 7) is 2.74. The third-order valence-corrected chi connectivity index (χ3v) is 5.32. The van der Waals surface area contributed by atoms with Gasteiger partial charge in [0.25, 0.3) is 0 Å². The second-order valence-electron chi connectivity index (χ2n) is 7.00. The minimum atomic E-state index is 0.0168. The quantitative estimate of drug-likeness (QED) is 0.568. The predicted octanol–water partition coefficient (Wildman–Crippen LogP) is 2.86. The molecule has 0 spiro atoms. The Labute approximate surface area is 166 Å². The SMILES string of the molecule is COc1ccc(CN=C(N)NCC2(c3ccccc3)CCOCC2)cc1OC. The monoisotopic (exact) mass is 383 g/mol. The molecule has 0 aliphatic carbocycles. The average Bonchev–Trinajstić information content (AvgIpc) is 2.77. The van der Waals surface area contributed by atoms with E-state index in [1.165, 1.54) is 5.56 Å². The molecule has 3 N–H and O–H groups in total. The highest BCUT2D eigenvalue weighted by molar-refractivity contribution is 5.78. The number of hydrogen-bond donors (Lipinski definition) is 2. The van der Waals surface area contributed by atoms with Crippen molar-refractivity contribution >= 4 is 5.96 Å². The van der Waals surface area contributed by atoms with Gasteiger partial charge in [0, 0.05) is 25.2 Å². The fourth-order valence-corrected chi connectivity index (χ4v) is 3.59. The fraction of sp³-hybridized carbons (Fsp3) is 0.409. The van der Waals surface area contributed by atoms with Crippen LogP contribution in [-0.4, -0.2) is 39.9 Å². The largest absolute Gasteiger partial charge is 0.493 e. The molecule has 1 heterocycles. The van der Waals surface area contributed by atoms with Crippen LogP contribution in [0.2, 0.25) is 0 Å². The van der Waals surface area contributed by atoms with Crippen LogP contribution in [0.3, 0.4) is 0 Å². The highest BCUT2D eigenvalue weighted by atomic mass is 16.5. The maximum absolute atomic E-state index is 6.15. The number of aliphatic imine (C=N–C) groups is 1. The number of ether oxygens (including phenoxy) is 3. The molecule has 0 saturated carbocycles. The summed E-state index contributed by atoms with van der Waals surface area (Å²) in [5, 5.41) is 3.33.